The van der Waals surface area contributed by atoms with E-state index in [-0.39, 0.29) is 19.0 Å². The Morgan fingerprint density at radius 1 is 0.729 bits per heavy atom. The third-order valence-corrected chi connectivity index (χ3v) is 15.1. The normalized spacial score (nSPS) is 15.4. The van der Waals surface area contributed by atoms with Crippen molar-refractivity contribution in [3.8, 4) is 5.75 Å². The molecule has 0 radical (unpaired) electrons. The van der Waals surface area contributed by atoms with E-state index in [1.54, 1.807) is 19.9 Å². The van der Waals surface area contributed by atoms with E-state index in [1.807, 2.05) is 6.08 Å². The van der Waals surface area contributed by atoms with Crippen molar-refractivity contribution < 1.29 is 98.4 Å². The lowest BCUT2D eigenvalue weighted by Crippen LogP contribution is -2.74. The highest BCUT2D eigenvalue weighted by molar-refractivity contribution is 6.76. The van der Waals surface area contributed by atoms with Crippen molar-refractivity contribution in [2.75, 3.05) is 19.8 Å². The number of rotatable bonds is 24. The molecule has 0 bridgehead atoms. The van der Waals surface area contributed by atoms with Crippen molar-refractivity contribution in [3.63, 3.8) is 0 Å². The highest BCUT2D eigenvalue weighted by atomic mass is 28.4. The van der Waals surface area contributed by atoms with Crippen LogP contribution in [0.3, 0.4) is 0 Å². The van der Waals surface area contributed by atoms with Crippen LogP contribution in [0.2, 0.25) is 17.1 Å². The van der Waals surface area contributed by atoms with Crippen LogP contribution in [0.15, 0.2) is 48.1 Å². The number of ether oxygens (including phenoxy) is 2. The summed E-state index contributed by atoms with van der Waals surface area (Å²) in [7, 11) is -3.93. The van der Waals surface area contributed by atoms with E-state index in [9.17, 15) is 84.5 Å². The second kappa shape index (κ2) is 19.7. The van der Waals surface area contributed by atoms with Gasteiger partial charge in [-0.3, -0.25) is 0 Å². The number of hydrogen-bond donors (Lipinski definition) is 1. The van der Waals surface area contributed by atoms with Crippen molar-refractivity contribution >= 4 is 14.3 Å². The number of allylic oxidation sites excluding steroid dienone is 3. The Kier molecular flexibility index (Phi) is 18.1. The number of carbonyl (C=O) groups excluding carboxylic acids is 1. The molecule has 59 heavy (non-hydrogen) atoms. The van der Waals surface area contributed by atoms with Gasteiger partial charge in [-0.25, -0.2) is 4.79 Å². The van der Waals surface area contributed by atoms with E-state index in [0.29, 0.717) is 30.4 Å². The van der Waals surface area contributed by atoms with Gasteiger partial charge in [0.15, 0.2) is 8.32 Å². The van der Waals surface area contributed by atoms with Crippen molar-refractivity contribution in [1.29, 1.82) is 0 Å². The fourth-order valence-corrected chi connectivity index (χ4v) is 10.3. The molecule has 0 unspecified atom stereocenters. The molecule has 0 heterocycles. The number of aliphatic hydroxyl groups excluding tert-OH is 1. The second-order valence-electron chi connectivity index (χ2n) is 14.2. The predicted molar refractivity (Wildman–Crippen MR) is 182 cm³/mol. The van der Waals surface area contributed by atoms with Crippen LogP contribution in [0.1, 0.15) is 78.9 Å². The quantitative estimate of drug-likeness (QED) is 0.0280. The molecule has 0 aromatic heterocycles. The number of unbranched alkanes of at least 4 members (excludes halogenated alkanes) is 1. The predicted octanol–water partition coefficient (Wildman–Crippen LogP) is 12.5. The van der Waals surface area contributed by atoms with Crippen LogP contribution >= 0.6 is 0 Å². The Hall–Kier alpha value is -3.08. The number of alkyl halides is 17. The van der Waals surface area contributed by atoms with E-state index in [0.717, 1.165) is 0 Å². The SMILES string of the molecule is CCOC(=O)/C=C(C)/C=C/CCC[C@H](O)c1ccc(OCCO[Si](CCC(F)(F)C(F)(F)C(F)(F)C(F)(F)C(F)(F)C(F)(F)C(F)(F)C(F)(F)F)(C(C)C)C(C)C)cc1. The molecule has 0 aliphatic heterocycles. The van der Waals surface area contributed by atoms with Crippen LogP contribution in [-0.2, 0) is 14.0 Å². The van der Waals surface area contributed by atoms with Gasteiger partial charge in [-0.1, -0.05) is 52.0 Å². The summed E-state index contributed by atoms with van der Waals surface area (Å²) >= 11 is 0. The molecule has 23 heteroatoms. The number of hydrogen-bond acceptors (Lipinski definition) is 5. The van der Waals surface area contributed by atoms with Crippen molar-refractivity contribution in [2.24, 2.45) is 0 Å². The van der Waals surface area contributed by atoms with Crippen LogP contribution in [0.4, 0.5) is 74.6 Å². The monoisotopic (exact) mass is 908 g/mol. The summed E-state index contributed by atoms with van der Waals surface area (Å²) in [6.45, 7) is 8.13. The van der Waals surface area contributed by atoms with Gasteiger partial charge in [0.1, 0.15) is 12.4 Å². The fourth-order valence-electron chi connectivity index (χ4n) is 5.82. The Morgan fingerprint density at radius 3 is 1.66 bits per heavy atom. The average Bonchev–Trinajstić information content (AvgIpc) is 3.10. The zero-order valence-corrected chi connectivity index (χ0v) is 33.4. The highest BCUT2D eigenvalue weighted by Crippen LogP contribution is 2.64. The molecule has 1 aromatic rings. The van der Waals surface area contributed by atoms with Crippen LogP contribution in [0.5, 0.6) is 5.75 Å². The summed E-state index contributed by atoms with van der Waals surface area (Å²) < 4.78 is 250. The van der Waals surface area contributed by atoms with Crippen LogP contribution in [0, 0.1) is 0 Å². The summed E-state index contributed by atoms with van der Waals surface area (Å²) in [6, 6.07) is 4.63. The summed E-state index contributed by atoms with van der Waals surface area (Å²) in [5.74, 6) is -56.9. The summed E-state index contributed by atoms with van der Waals surface area (Å²) in [5.41, 5.74) is -0.521. The number of aliphatic hydroxyl groups is 1. The van der Waals surface area contributed by atoms with E-state index in [1.165, 1.54) is 58.0 Å². The van der Waals surface area contributed by atoms with E-state index in [4.69, 9.17) is 13.9 Å². The molecule has 0 amide bonds. The first-order valence-corrected chi connectivity index (χ1v) is 20.1. The minimum atomic E-state index is -8.68. The zero-order valence-electron chi connectivity index (χ0n) is 32.4. The van der Waals surface area contributed by atoms with E-state index in [2.05, 4.69) is 0 Å². The average molecular weight is 909 g/mol. The first kappa shape index (κ1) is 53.9. The maximum Gasteiger partial charge on any atom is 0.460 e. The molecule has 1 aromatic carbocycles. The number of benzene rings is 1. The van der Waals surface area contributed by atoms with Gasteiger partial charge in [0.2, 0.25) is 0 Å². The molecule has 0 aliphatic carbocycles. The lowest BCUT2D eigenvalue weighted by atomic mass is 9.88. The third kappa shape index (κ3) is 11.4. The molecule has 1 atom stereocenters. The molecule has 1 rings (SSSR count). The Bertz CT molecular complexity index is 1550. The molecule has 0 aliphatic rings. The summed E-state index contributed by atoms with van der Waals surface area (Å²) in [6.07, 6.45) is -4.88. The van der Waals surface area contributed by atoms with Crippen molar-refractivity contribution in [1.82, 2.24) is 0 Å². The first-order valence-electron chi connectivity index (χ1n) is 17.8. The molecule has 0 fully saturated rings. The minimum Gasteiger partial charge on any atom is -0.491 e. The van der Waals surface area contributed by atoms with Gasteiger partial charge in [0.05, 0.1) is 19.3 Å². The molecule has 0 saturated carbocycles. The summed E-state index contributed by atoms with van der Waals surface area (Å²) in [4.78, 5) is 11.5. The Morgan fingerprint density at radius 2 is 1.20 bits per heavy atom. The third-order valence-electron chi connectivity index (χ3n) is 9.42. The lowest BCUT2D eigenvalue weighted by Gasteiger charge is -2.44. The van der Waals surface area contributed by atoms with Gasteiger partial charge in [-0.2, -0.15) is 74.6 Å². The zero-order chi connectivity index (χ0) is 46.3. The standard InChI is InChI=1S/C36H45F17O5Si/c1-7-56-28(55)21-24(6)11-9-8-10-12-27(54)25-13-15-26(16-14-25)57-18-19-58-59(22(2)3,23(4)5)20-17-29(37,38)30(39,40)31(41,42)32(43,44)33(45,46)34(47,48)35(49,50)36(51,52)53/h9,11,13-16,21-23,27,54H,7-8,10,12,17-20H2,1-6H3/b11-9+,24-21+/t27-/m0/s1. The molecule has 342 valence electrons. The molecule has 0 saturated heterocycles. The molecular formula is C36H45F17O5Si. The van der Waals surface area contributed by atoms with Gasteiger partial charge in [-0.15, -0.1) is 0 Å². The molecular weight excluding hydrogens is 863 g/mol. The van der Waals surface area contributed by atoms with Crippen LogP contribution in [0.25, 0.3) is 0 Å². The number of halogens is 17. The van der Waals surface area contributed by atoms with E-state index >= 15 is 0 Å². The van der Waals surface area contributed by atoms with Crippen LogP contribution in [-0.4, -0.2) is 86.8 Å². The number of carbonyl (C=O) groups is 1. The second-order valence-corrected chi connectivity index (χ2v) is 19.2. The maximum atomic E-state index is 14.9. The molecule has 5 nitrogen and oxygen atoms in total. The first-order chi connectivity index (χ1) is 26.6. The van der Waals surface area contributed by atoms with Crippen LogP contribution < -0.4 is 4.74 Å². The highest BCUT2D eigenvalue weighted by Gasteiger charge is 2.95. The van der Waals surface area contributed by atoms with Gasteiger partial charge in [0, 0.05) is 12.5 Å². The van der Waals surface area contributed by atoms with Gasteiger partial charge < -0.3 is 19.0 Å². The number of esters is 1. The van der Waals surface area contributed by atoms with Crippen molar-refractivity contribution in [3.05, 3.63) is 53.6 Å². The van der Waals surface area contributed by atoms with Crippen molar-refractivity contribution in [2.45, 2.75) is 138 Å². The van der Waals surface area contributed by atoms with Gasteiger partial charge in [0.25, 0.3) is 0 Å². The minimum absolute atomic E-state index is 0.197. The summed E-state index contributed by atoms with van der Waals surface area (Å²) in [5, 5.41) is 10.5. The fraction of sp³-hybridized carbons (Fsp3) is 0.694. The maximum absolute atomic E-state index is 14.9. The Labute approximate surface area is 330 Å². The van der Waals surface area contributed by atoms with Gasteiger partial charge in [-0.05, 0) is 73.5 Å². The molecule has 1 N–H and O–H groups in total. The smallest absolute Gasteiger partial charge is 0.460 e. The largest absolute Gasteiger partial charge is 0.491 e. The van der Waals surface area contributed by atoms with E-state index < -0.39 is 98.2 Å². The van der Waals surface area contributed by atoms with Gasteiger partial charge >= 0.3 is 53.6 Å². The Balaban J connectivity index is 3.06. The molecule has 0 spiro atoms. The topological polar surface area (TPSA) is 65.0 Å². The lowest BCUT2D eigenvalue weighted by molar-refractivity contribution is -0.461.